The number of likely N-dealkylation sites (N-methyl/N-ethyl adjacent to an activating group) is 1. The zero-order valence-corrected chi connectivity index (χ0v) is 20.1. The highest BCUT2D eigenvalue weighted by Gasteiger charge is 2.25. The number of carbonyl (C=O) groups excluding carboxylic acids is 3. The summed E-state index contributed by atoms with van der Waals surface area (Å²) in [5.74, 6) is -1.33. The molecule has 0 unspecified atom stereocenters. The van der Waals surface area contributed by atoms with Crippen LogP contribution in [-0.2, 0) is 22.4 Å². The Morgan fingerprint density at radius 1 is 1.18 bits per heavy atom. The van der Waals surface area contributed by atoms with Crippen molar-refractivity contribution >= 4 is 58.2 Å². The molecule has 0 spiro atoms. The van der Waals surface area contributed by atoms with Gasteiger partial charge >= 0.3 is 0 Å². The number of hydrogen-bond acceptors (Lipinski definition) is 7. The summed E-state index contributed by atoms with van der Waals surface area (Å²) < 4.78 is 0. The van der Waals surface area contributed by atoms with Gasteiger partial charge in [0.1, 0.15) is 10.9 Å². The quantitative estimate of drug-likeness (QED) is 0.246. The van der Waals surface area contributed by atoms with Crippen LogP contribution in [0.5, 0.6) is 0 Å². The van der Waals surface area contributed by atoms with E-state index in [0.717, 1.165) is 16.9 Å². The molecule has 1 aromatic carbocycles. The molecule has 33 heavy (non-hydrogen) atoms. The second-order valence-corrected chi connectivity index (χ2v) is 8.12. The highest BCUT2D eigenvalue weighted by molar-refractivity contribution is 7.17. The molecule has 0 fully saturated rings. The zero-order valence-electron chi connectivity index (χ0n) is 18.5. The van der Waals surface area contributed by atoms with Gasteiger partial charge in [-0.05, 0) is 30.5 Å². The van der Waals surface area contributed by atoms with Crippen LogP contribution in [0.25, 0.3) is 0 Å². The lowest BCUT2D eigenvalue weighted by atomic mass is 10.1. The number of nitrogens with one attached hydrogen (secondary N) is 2. The highest BCUT2D eigenvalue weighted by Crippen LogP contribution is 2.25. The second kappa shape index (κ2) is 12.7. The van der Waals surface area contributed by atoms with Crippen molar-refractivity contribution in [1.29, 1.82) is 0 Å². The number of halogens is 1. The Kier molecular flexibility index (Phi) is 10.7. The molecule has 2 rings (SSSR count). The van der Waals surface area contributed by atoms with Gasteiger partial charge in [0.15, 0.2) is 11.1 Å². The van der Waals surface area contributed by atoms with E-state index < -0.39 is 24.5 Å². The van der Waals surface area contributed by atoms with Crippen molar-refractivity contribution in [2.45, 2.75) is 25.8 Å². The molecule has 11 nitrogen and oxygen atoms in total. The van der Waals surface area contributed by atoms with Gasteiger partial charge in [-0.15, -0.1) is 12.4 Å². The van der Waals surface area contributed by atoms with Gasteiger partial charge in [0, 0.05) is 21.0 Å². The molecule has 0 aliphatic carbocycles. The number of guanidine groups is 1. The highest BCUT2D eigenvalue weighted by atomic mass is 35.5. The molecule has 180 valence electrons. The van der Waals surface area contributed by atoms with Gasteiger partial charge in [0.25, 0.3) is 5.91 Å². The van der Waals surface area contributed by atoms with E-state index in [1.807, 2.05) is 12.1 Å². The lowest BCUT2D eigenvalue weighted by Crippen LogP contribution is -2.48. The molecule has 7 N–H and O–H groups in total. The molecule has 3 amide bonds. The first-order chi connectivity index (χ1) is 15.1. The van der Waals surface area contributed by atoms with E-state index >= 15 is 0 Å². The fourth-order valence-corrected chi connectivity index (χ4v) is 3.73. The Hall–Kier alpha value is -3.22. The summed E-state index contributed by atoms with van der Waals surface area (Å²) >= 11 is 1.01. The summed E-state index contributed by atoms with van der Waals surface area (Å²) in [6.07, 6.45) is 0.970. The summed E-state index contributed by atoms with van der Waals surface area (Å²) in [6.45, 7) is 0.800. The molecule has 1 atom stereocenters. The van der Waals surface area contributed by atoms with Gasteiger partial charge in [0.05, 0.1) is 18.0 Å². The Balaban J connectivity index is 0.00000544. The minimum Gasteiger partial charge on any atom is -0.394 e. The molecule has 1 aromatic heterocycles. The summed E-state index contributed by atoms with van der Waals surface area (Å²) in [4.78, 5) is 46.3. The summed E-state index contributed by atoms with van der Waals surface area (Å²) in [6, 6.07) is 6.18. The molecule has 0 radical (unpaired) electrons. The van der Waals surface area contributed by atoms with Crippen LogP contribution in [0, 0.1) is 0 Å². The second-order valence-electron chi connectivity index (χ2n) is 7.12. The predicted molar refractivity (Wildman–Crippen MR) is 130 cm³/mol. The molecular formula is C20H28ClN7O4S. The van der Waals surface area contributed by atoms with Crippen molar-refractivity contribution in [2.24, 2.45) is 16.5 Å². The summed E-state index contributed by atoms with van der Waals surface area (Å²) in [5.41, 5.74) is 12.8. The van der Waals surface area contributed by atoms with Crippen LogP contribution in [0.2, 0.25) is 0 Å². The monoisotopic (exact) mass is 497 g/mol. The molecule has 0 aliphatic heterocycles. The third-order valence-electron chi connectivity index (χ3n) is 4.26. The van der Waals surface area contributed by atoms with E-state index in [9.17, 15) is 19.5 Å². The molecular weight excluding hydrogens is 470 g/mol. The Bertz CT molecular complexity index is 1000. The number of aliphatic hydroxyl groups is 1. The minimum absolute atomic E-state index is 0. The van der Waals surface area contributed by atoms with Gasteiger partial charge in [-0.2, -0.15) is 0 Å². The van der Waals surface area contributed by atoms with Crippen LogP contribution < -0.4 is 22.1 Å². The van der Waals surface area contributed by atoms with Crippen molar-refractivity contribution in [2.75, 3.05) is 26.0 Å². The number of carbonyl (C=O) groups is 3. The molecule has 13 heteroatoms. The van der Waals surface area contributed by atoms with Gasteiger partial charge in [-0.3, -0.25) is 14.4 Å². The number of amides is 3. The maximum absolute atomic E-state index is 12.8. The number of benzene rings is 1. The van der Waals surface area contributed by atoms with Gasteiger partial charge in [0.2, 0.25) is 11.8 Å². The summed E-state index contributed by atoms with van der Waals surface area (Å²) in [7, 11) is 3.06. The maximum Gasteiger partial charge on any atom is 0.264 e. The Morgan fingerprint density at radius 2 is 1.82 bits per heavy atom. The van der Waals surface area contributed by atoms with E-state index in [2.05, 4.69) is 20.6 Å². The smallest absolute Gasteiger partial charge is 0.264 e. The number of rotatable bonds is 9. The summed E-state index contributed by atoms with van der Waals surface area (Å²) in [5, 5.41) is 14.9. The molecule has 2 aromatic rings. The van der Waals surface area contributed by atoms with Crippen molar-refractivity contribution in [1.82, 2.24) is 15.2 Å². The predicted octanol–water partition coefficient (Wildman–Crippen LogP) is 0.392. The van der Waals surface area contributed by atoms with E-state index in [1.54, 1.807) is 12.1 Å². The third kappa shape index (κ3) is 8.33. The van der Waals surface area contributed by atoms with Crippen molar-refractivity contribution in [3.8, 4) is 0 Å². The number of aryl methyl sites for hydroxylation is 2. The Labute approximate surface area is 201 Å². The third-order valence-corrected chi connectivity index (χ3v) is 5.27. The van der Waals surface area contributed by atoms with Gasteiger partial charge in [-0.1, -0.05) is 23.5 Å². The van der Waals surface area contributed by atoms with Crippen molar-refractivity contribution in [3.05, 3.63) is 40.4 Å². The van der Waals surface area contributed by atoms with Crippen LogP contribution in [-0.4, -0.2) is 65.4 Å². The average molecular weight is 498 g/mol. The first kappa shape index (κ1) is 27.8. The normalized spacial score (nSPS) is 11.0. The van der Waals surface area contributed by atoms with Crippen LogP contribution >= 0.6 is 23.7 Å². The number of anilines is 1. The molecule has 0 saturated carbocycles. The number of hydrogen-bond donors (Lipinski definition) is 5. The maximum atomic E-state index is 12.8. The lowest BCUT2D eigenvalue weighted by Gasteiger charge is -2.19. The number of nitrogens with two attached hydrogens (primary N) is 2. The van der Waals surface area contributed by atoms with Crippen LogP contribution in [0.3, 0.4) is 0 Å². The van der Waals surface area contributed by atoms with Crippen molar-refractivity contribution < 1.29 is 19.5 Å². The minimum atomic E-state index is -1.08. The van der Waals surface area contributed by atoms with Gasteiger partial charge in [-0.25, -0.2) is 9.98 Å². The average Bonchev–Trinajstić information content (AvgIpc) is 3.12. The van der Waals surface area contributed by atoms with Crippen LogP contribution in [0.1, 0.15) is 27.9 Å². The molecule has 0 saturated heterocycles. The zero-order chi connectivity index (χ0) is 23.8. The number of nitrogens with zero attached hydrogens (tertiary/aromatic N) is 3. The number of thiazole rings is 1. The standard InChI is InChI=1S/C20H27N7O4S.ClH/c1-11(29)23-20-26-14(9-6-12-4-7-13(8-5-12)24-19(21)22)16(32-20)17(30)25-15(10-28)18(31)27(2)3;/h4-5,7-8,15,28H,6,9-10H2,1-3H3,(H,25,30)(H4,21,22,24)(H,23,26,29);1H/t15-;/m0./s1. The SMILES string of the molecule is CC(=O)Nc1nc(CCc2ccc(N=C(N)N)cc2)c(C(=O)N[C@@H](CO)C(=O)N(C)C)s1.Cl. The lowest BCUT2D eigenvalue weighted by molar-refractivity contribution is -0.131. The topological polar surface area (TPSA) is 176 Å². The van der Waals surface area contributed by atoms with Crippen LogP contribution in [0.4, 0.5) is 10.8 Å². The number of aliphatic hydroxyl groups excluding tert-OH is 1. The largest absolute Gasteiger partial charge is 0.394 e. The fourth-order valence-electron chi connectivity index (χ4n) is 2.77. The molecule has 0 bridgehead atoms. The number of aromatic nitrogens is 1. The molecule has 1 heterocycles. The number of aliphatic imine (C=N–C) groups is 1. The van der Waals surface area contributed by atoms with E-state index in [0.29, 0.717) is 24.2 Å². The molecule has 0 aliphatic rings. The van der Waals surface area contributed by atoms with E-state index in [1.165, 1.54) is 25.9 Å². The van der Waals surface area contributed by atoms with E-state index in [-0.39, 0.29) is 34.3 Å². The first-order valence-electron chi connectivity index (χ1n) is 9.69. The van der Waals surface area contributed by atoms with Crippen molar-refractivity contribution in [3.63, 3.8) is 0 Å². The fraction of sp³-hybridized carbons (Fsp3) is 0.350. The van der Waals surface area contributed by atoms with Crippen LogP contribution in [0.15, 0.2) is 29.3 Å². The van der Waals surface area contributed by atoms with Gasteiger partial charge < -0.3 is 32.1 Å². The Morgan fingerprint density at radius 3 is 2.33 bits per heavy atom. The first-order valence-corrected chi connectivity index (χ1v) is 10.5. The van der Waals surface area contributed by atoms with E-state index in [4.69, 9.17) is 11.5 Å².